The first-order valence-corrected chi connectivity index (χ1v) is 13.2. The number of ketones is 2. The summed E-state index contributed by atoms with van der Waals surface area (Å²) >= 11 is 0. The Labute approximate surface area is 194 Å². The monoisotopic (exact) mass is 486 g/mol. The number of rotatable bonds is 5. The molecule has 0 radical (unpaired) electrons. The Bertz CT molecular complexity index is 961. The van der Waals surface area contributed by atoms with Crippen molar-refractivity contribution in [2.24, 2.45) is 34.5 Å². The van der Waals surface area contributed by atoms with E-state index < -0.39 is 33.8 Å². The number of fused-ring (bicyclic) bond motifs is 5. The number of carbonyl (C=O) groups excluding carboxylic acids is 3. The molecule has 4 saturated carbocycles. The molecule has 9 nitrogen and oxygen atoms in total. The Hall–Kier alpha value is -1.36. The van der Waals surface area contributed by atoms with Crippen LogP contribution in [0.3, 0.4) is 0 Å². The topological polar surface area (TPSA) is 144 Å². The molecular formula is C23H34O9S. The SMILES string of the molecule is CC(=O)O[C@@H]1CC[C@@]2(C)[C@@H](CC[C@@H]3[C@@H]2C(=O)C[C@@]2(C)[C@H]3CC[C@]2(O)C(=O)COS(=O)(=O)O)C1. The highest BCUT2D eigenvalue weighted by Gasteiger charge is 2.69. The first-order valence-electron chi connectivity index (χ1n) is 11.8. The van der Waals surface area contributed by atoms with Crippen molar-refractivity contribution in [3.63, 3.8) is 0 Å². The molecule has 0 heterocycles. The summed E-state index contributed by atoms with van der Waals surface area (Å²) < 4.78 is 40.4. The highest BCUT2D eigenvalue weighted by atomic mass is 32.3. The largest absolute Gasteiger partial charge is 0.463 e. The van der Waals surface area contributed by atoms with Gasteiger partial charge in [-0.15, -0.1) is 0 Å². The Kier molecular flexibility index (Phi) is 6.08. The quantitative estimate of drug-likeness (QED) is 0.441. The predicted molar refractivity (Wildman–Crippen MR) is 115 cm³/mol. The van der Waals surface area contributed by atoms with E-state index in [-0.39, 0.29) is 59.8 Å². The summed E-state index contributed by atoms with van der Waals surface area (Å²) in [6, 6.07) is 0. The van der Waals surface area contributed by atoms with E-state index in [2.05, 4.69) is 11.1 Å². The van der Waals surface area contributed by atoms with E-state index in [4.69, 9.17) is 9.29 Å². The molecule has 2 N–H and O–H groups in total. The van der Waals surface area contributed by atoms with E-state index in [9.17, 15) is 27.9 Å². The van der Waals surface area contributed by atoms with Crippen LogP contribution in [0.5, 0.6) is 0 Å². The van der Waals surface area contributed by atoms with Gasteiger partial charge in [-0.2, -0.15) is 8.42 Å². The van der Waals surface area contributed by atoms with Crippen LogP contribution < -0.4 is 0 Å². The maximum absolute atomic E-state index is 13.6. The van der Waals surface area contributed by atoms with Gasteiger partial charge in [0.15, 0.2) is 5.78 Å². The molecule has 0 aromatic carbocycles. The zero-order chi connectivity index (χ0) is 24.4. The Morgan fingerprint density at radius 3 is 2.45 bits per heavy atom. The van der Waals surface area contributed by atoms with Gasteiger partial charge < -0.3 is 9.84 Å². The van der Waals surface area contributed by atoms with Gasteiger partial charge in [-0.3, -0.25) is 18.9 Å². The minimum atomic E-state index is -4.82. The summed E-state index contributed by atoms with van der Waals surface area (Å²) in [4.78, 5) is 37.9. The summed E-state index contributed by atoms with van der Waals surface area (Å²) in [5.74, 6) is -0.973. The summed E-state index contributed by atoms with van der Waals surface area (Å²) in [5, 5.41) is 11.4. The van der Waals surface area contributed by atoms with Gasteiger partial charge >= 0.3 is 16.4 Å². The molecule has 4 aliphatic rings. The van der Waals surface area contributed by atoms with Crippen molar-refractivity contribution >= 4 is 27.9 Å². The predicted octanol–water partition coefficient (Wildman–Crippen LogP) is 2.26. The Morgan fingerprint density at radius 1 is 1.12 bits per heavy atom. The molecule has 0 spiro atoms. The lowest BCUT2D eigenvalue weighted by atomic mass is 9.44. The molecule has 10 heteroatoms. The van der Waals surface area contributed by atoms with Crippen molar-refractivity contribution in [3.05, 3.63) is 0 Å². The van der Waals surface area contributed by atoms with Crippen LogP contribution in [0.2, 0.25) is 0 Å². The zero-order valence-electron chi connectivity index (χ0n) is 19.4. The molecule has 33 heavy (non-hydrogen) atoms. The molecule has 0 saturated heterocycles. The molecule has 4 rings (SSSR count). The van der Waals surface area contributed by atoms with E-state index >= 15 is 0 Å². The maximum atomic E-state index is 13.6. The molecule has 0 unspecified atom stereocenters. The van der Waals surface area contributed by atoms with Gasteiger partial charge in [0.2, 0.25) is 0 Å². The molecule has 4 aliphatic carbocycles. The third-order valence-corrected chi connectivity index (χ3v) is 10.0. The number of ether oxygens (including phenoxy) is 1. The highest BCUT2D eigenvalue weighted by Crippen LogP contribution is 2.67. The first kappa shape index (κ1) is 24.8. The summed E-state index contributed by atoms with van der Waals surface area (Å²) in [6.07, 6.45) is 4.59. The van der Waals surface area contributed by atoms with Gasteiger partial charge in [0.05, 0.1) is 0 Å². The van der Waals surface area contributed by atoms with Crippen LogP contribution >= 0.6 is 0 Å². The second-order valence-electron chi connectivity index (χ2n) is 11.1. The molecule has 186 valence electrons. The summed E-state index contributed by atoms with van der Waals surface area (Å²) in [7, 11) is -4.82. The maximum Gasteiger partial charge on any atom is 0.397 e. The number of aliphatic hydroxyl groups is 1. The van der Waals surface area contributed by atoms with Crippen molar-refractivity contribution < 1.29 is 41.4 Å². The van der Waals surface area contributed by atoms with Crippen LogP contribution in [0.25, 0.3) is 0 Å². The van der Waals surface area contributed by atoms with Crippen molar-refractivity contribution in [1.82, 2.24) is 0 Å². The molecular weight excluding hydrogens is 452 g/mol. The van der Waals surface area contributed by atoms with Gasteiger partial charge in [-0.1, -0.05) is 13.8 Å². The molecule has 8 atom stereocenters. The van der Waals surface area contributed by atoms with E-state index in [1.807, 2.05) is 0 Å². The Balaban J connectivity index is 1.57. The molecule has 0 amide bonds. The normalized spacial score (nSPS) is 45.0. The van der Waals surface area contributed by atoms with E-state index in [1.165, 1.54) is 6.92 Å². The van der Waals surface area contributed by atoms with Crippen LogP contribution in [0.15, 0.2) is 0 Å². The number of hydrogen-bond acceptors (Lipinski definition) is 8. The third-order valence-electron chi connectivity index (χ3n) is 9.59. The average Bonchev–Trinajstić information content (AvgIpc) is 2.96. The molecule has 0 bridgehead atoms. The van der Waals surface area contributed by atoms with Crippen molar-refractivity contribution in [2.75, 3.05) is 6.61 Å². The molecule has 0 aromatic rings. The highest BCUT2D eigenvalue weighted by molar-refractivity contribution is 7.80. The number of Topliss-reactive ketones (excluding diaryl/α,β-unsaturated/α-hetero) is 2. The van der Waals surface area contributed by atoms with Crippen LogP contribution in [0.4, 0.5) is 0 Å². The van der Waals surface area contributed by atoms with E-state index in [0.717, 1.165) is 32.1 Å². The van der Waals surface area contributed by atoms with Gasteiger partial charge in [0, 0.05) is 24.7 Å². The van der Waals surface area contributed by atoms with Gasteiger partial charge in [-0.05, 0) is 68.1 Å². The fraction of sp³-hybridized carbons (Fsp3) is 0.870. The average molecular weight is 487 g/mol. The minimum absolute atomic E-state index is 0.0343. The molecule has 4 fully saturated rings. The second kappa shape index (κ2) is 8.10. The first-order chi connectivity index (χ1) is 15.2. The minimum Gasteiger partial charge on any atom is -0.463 e. The van der Waals surface area contributed by atoms with Crippen LogP contribution in [0.1, 0.15) is 72.1 Å². The van der Waals surface area contributed by atoms with Crippen LogP contribution in [0, 0.1) is 34.5 Å². The van der Waals surface area contributed by atoms with Crippen molar-refractivity contribution in [3.8, 4) is 0 Å². The van der Waals surface area contributed by atoms with Gasteiger partial charge in [-0.25, -0.2) is 4.18 Å². The van der Waals surface area contributed by atoms with Crippen molar-refractivity contribution in [2.45, 2.75) is 83.8 Å². The lowest BCUT2D eigenvalue weighted by molar-refractivity contribution is -0.182. The third kappa shape index (κ3) is 3.96. The molecule has 0 aromatic heterocycles. The fourth-order valence-electron chi connectivity index (χ4n) is 8.08. The standard InChI is InChI=1S/C23H34O9S/c1-13(24)32-15-6-8-21(2)14(10-15)4-5-16-17-7-9-23(27,19(26)12-31-33(28,29)30)22(17,3)11-18(25)20(16)21/h14-17,20,27H,4-12H2,1-3H3,(H,28,29,30)/t14-,15+,16-,17-,20+,21-,22-,23-/m0/s1. The lowest BCUT2D eigenvalue weighted by Crippen LogP contribution is -2.62. The van der Waals surface area contributed by atoms with E-state index in [1.54, 1.807) is 6.92 Å². The van der Waals surface area contributed by atoms with Gasteiger partial charge in [0.1, 0.15) is 24.1 Å². The second-order valence-corrected chi connectivity index (χ2v) is 12.2. The van der Waals surface area contributed by atoms with Crippen molar-refractivity contribution in [1.29, 1.82) is 0 Å². The Morgan fingerprint density at radius 2 is 1.82 bits per heavy atom. The summed E-state index contributed by atoms with van der Waals surface area (Å²) in [6.45, 7) is 4.39. The lowest BCUT2D eigenvalue weighted by Gasteiger charge is -2.60. The number of hydrogen-bond donors (Lipinski definition) is 2. The van der Waals surface area contributed by atoms with E-state index in [0.29, 0.717) is 6.42 Å². The fourth-order valence-corrected chi connectivity index (χ4v) is 8.34. The number of carbonyl (C=O) groups is 3. The molecule has 0 aliphatic heterocycles. The smallest absolute Gasteiger partial charge is 0.397 e. The summed E-state index contributed by atoms with van der Waals surface area (Å²) in [5.41, 5.74) is -3.10. The zero-order valence-corrected chi connectivity index (χ0v) is 20.2. The van der Waals surface area contributed by atoms with Crippen LogP contribution in [-0.2, 0) is 33.7 Å². The van der Waals surface area contributed by atoms with Gasteiger partial charge in [0.25, 0.3) is 0 Å². The number of esters is 1. The van der Waals surface area contributed by atoms with Crippen LogP contribution in [-0.4, -0.2) is 53.9 Å².